The first kappa shape index (κ1) is 8.46. The van der Waals surface area contributed by atoms with Gasteiger partial charge < -0.3 is 15.7 Å². The molecule has 0 rings (SSSR count). The summed E-state index contributed by atoms with van der Waals surface area (Å²) in [6.07, 6.45) is 0. The smallest absolute Gasteiger partial charge is 0.0695 e. The summed E-state index contributed by atoms with van der Waals surface area (Å²) in [5.41, 5.74) is 0.806. The number of aliphatic hydroxyl groups excluding tert-OH is 1. The second kappa shape index (κ2) is 4.35. The fourth-order valence-corrected chi connectivity index (χ4v) is 0.550. The lowest BCUT2D eigenvalue weighted by molar-refractivity contribution is 0.261. The predicted octanol–water partition coefficient (Wildman–Crippen LogP) is -0.700. The molecule has 0 bridgehead atoms. The van der Waals surface area contributed by atoms with Gasteiger partial charge in [-0.2, -0.15) is 0 Å². The van der Waals surface area contributed by atoms with E-state index in [0.29, 0.717) is 0 Å². The summed E-state index contributed by atoms with van der Waals surface area (Å²) in [7, 11) is 3.56. The van der Waals surface area contributed by atoms with Crippen LogP contribution in [-0.4, -0.2) is 31.9 Å². The molecule has 1 atom stereocenters. The molecule has 3 N–H and O–H groups in total. The lowest BCUT2D eigenvalue weighted by Gasteiger charge is -2.14. The van der Waals surface area contributed by atoms with Gasteiger partial charge >= 0.3 is 0 Å². The van der Waals surface area contributed by atoms with E-state index < -0.39 is 0 Å². The van der Waals surface area contributed by atoms with Crippen molar-refractivity contribution in [2.45, 2.75) is 6.04 Å². The van der Waals surface area contributed by atoms with Gasteiger partial charge in [0.25, 0.3) is 0 Å². The van der Waals surface area contributed by atoms with E-state index in [1.807, 2.05) is 0 Å². The number of aliphatic hydroxyl groups is 1. The molecule has 0 amide bonds. The second-order valence-electron chi connectivity index (χ2n) is 1.80. The van der Waals surface area contributed by atoms with Crippen molar-refractivity contribution in [3.63, 3.8) is 0 Å². The Bertz CT molecular complexity index is 89.1. The molecular weight excluding hydrogens is 116 g/mol. The normalized spacial score (nSPS) is 12.8. The molecule has 54 valence electrons. The molecular formula is C6H14N2O. The Labute approximate surface area is 55.8 Å². The Morgan fingerprint density at radius 2 is 2.22 bits per heavy atom. The van der Waals surface area contributed by atoms with Gasteiger partial charge in [0.2, 0.25) is 0 Å². The molecule has 0 saturated heterocycles. The number of hydrogen-bond donors (Lipinski definition) is 3. The molecule has 3 heteroatoms. The van der Waals surface area contributed by atoms with Gasteiger partial charge in [0.1, 0.15) is 0 Å². The average molecular weight is 130 g/mol. The van der Waals surface area contributed by atoms with Crippen molar-refractivity contribution in [3.05, 3.63) is 12.3 Å². The van der Waals surface area contributed by atoms with Crippen LogP contribution in [-0.2, 0) is 0 Å². The van der Waals surface area contributed by atoms with Crippen LogP contribution in [0.2, 0.25) is 0 Å². The van der Waals surface area contributed by atoms with Crippen molar-refractivity contribution in [1.29, 1.82) is 0 Å². The molecule has 0 aromatic heterocycles. The van der Waals surface area contributed by atoms with Crippen LogP contribution in [0.1, 0.15) is 0 Å². The van der Waals surface area contributed by atoms with Crippen LogP contribution in [0.15, 0.2) is 12.3 Å². The Morgan fingerprint density at radius 3 is 2.33 bits per heavy atom. The lowest BCUT2D eigenvalue weighted by atomic mass is 10.2. The van der Waals surface area contributed by atoms with Crippen molar-refractivity contribution in [2.75, 3.05) is 20.7 Å². The van der Waals surface area contributed by atoms with E-state index in [9.17, 15) is 0 Å². The largest absolute Gasteiger partial charge is 0.394 e. The van der Waals surface area contributed by atoms with E-state index in [4.69, 9.17) is 5.11 Å². The lowest BCUT2D eigenvalue weighted by Crippen LogP contribution is -2.35. The Kier molecular flexibility index (Phi) is 4.09. The molecule has 0 aliphatic rings. The van der Waals surface area contributed by atoms with Crippen molar-refractivity contribution < 1.29 is 5.11 Å². The molecule has 0 aromatic carbocycles. The van der Waals surface area contributed by atoms with Crippen LogP contribution in [0.4, 0.5) is 0 Å². The number of rotatable bonds is 4. The molecule has 0 spiro atoms. The van der Waals surface area contributed by atoms with Crippen molar-refractivity contribution in [2.24, 2.45) is 0 Å². The second-order valence-corrected chi connectivity index (χ2v) is 1.80. The summed E-state index contributed by atoms with van der Waals surface area (Å²) in [6, 6.07) is -0.0324. The summed E-state index contributed by atoms with van der Waals surface area (Å²) < 4.78 is 0. The minimum atomic E-state index is -0.0324. The van der Waals surface area contributed by atoms with Crippen LogP contribution in [0.3, 0.4) is 0 Å². The van der Waals surface area contributed by atoms with Gasteiger partial charge in [-0.1, -0.05) is 6.58 Å². The third-order valence-electron chi connectivity index (χ3n) is 1.27. The molecule has 0 heterocycles. The van der Waals surface area contributed by atoms with E-state index in [1.54, 1.807) is 14.1 Å². The van der Waals surface area contributed by atoms with E-state index in [0.717, 1.165) is 5.70 Å². The molecule has 1 unspecified atom stereocenters. The van der Waals surface area contributed by atoms with Gasteiger partial charge in [-0.25, -0.2) is 0 Å². The molecule has 0 saturated carbocycles. The Morgan fingerprint density at radius 1 is 1.67 bits per heavy atom. The van der Waals surface area contributed by atoms with Crippen molar-refractivity contribution >= 4 is 0 Å². The predicted molar refractivity (Wildman–Crippen MR) is 38.1 cm³/mol. The van der Waals surface area contributed by atoms with Crippen molar-refractivity contribution in [1.82, 2.24) is 10.6 Å². The first-order valence-electron chi connectivity index (χ1n) is 2.91. The average Bonchev–Trinajstić information content (AvgIpc) is 1.90. The molecule has 0 aliphatic heterocycles. The zero-order valence-electron chi connectivity index (χ0n) is 5.94. The minimum Gasteiger partial charge on any atom is -0.394 e. The van der Waals surface area contributed by atoms with Gasteiger partial charge in [-0.15, -0.1) is 0 Å². The maximum Gasteiger partial charge on any atom is 0.0695 e. The quantitative estimate of drug-likeness (QED) is 0.471. The van der Waals surface area contributed by atoms with E-state index in [1.165, 1.54) is 0 Å². The topological polar surface area (TPSA) is 44.3 Å². The van der Waals surface area contributed by atoms with Gasteiger partial charge in [-0.05, 0) is 7.05 Å². The third kappa shape index (κ3) is 2.49. The van der Waals surface area contributed by atoms with E-state index in [-0.39, 0.29) is 12.6 Å². The molecule has 0 fully saturated rings. The first-order valence-corrected chi connectivity index (χ1v) is 2.91. The standard InChI is InChI=1S/C6H14N2O/c1-5(7-2)6(4-9)8-3/h6-9H,1,4H2,2-3H3. The van der Waals surface area contributed by atoms with Crippen LogP contribution in [0.5, 0.6) is 0 Å². The minimum absolute atomic E-state index is 0.0324. The Hall–Kier alpha value is -0.540. The van der Waals surface area contributed by atoms with Crippen molar-refractivity contribution in [3.8, 4) is 0 Å². The zero-order chi connectivity index (χ0) is 7.28. The van der Waals surface area contributed by atoms with Crippen LogP contribution in [0, 0.1) is 0 Å². The summed E-state index contributed by atoms with van der Waals surface area (Å²) >= 11 is 0. The molecule has 9 heavy (non-hydrogen) atoms. The van der Waals surface area contributed by atoms with E-state index in [2.05, 4.69) is 17.2 Å². The number of nitrogens with one attached hydrogen (secondary N) is 2. The monoisotopic (exact) mass is 130 g/mol. The SMILES string of the molecule is C=C(NC)C(CO)NC. The summed E-state index contributed by atoms with van der Waals surface area (Å²) in [5, 5.41) is 14.4. The highest BCUT2D eigenvalue weighted by Gasteiger charge is 2.04. The van der Waals surface area contributed by atoms with Gasteiger partial charge in [-0.3, -0.25) is 0 Å². The summed E-state index contributed by atoms with van der Waals surface area (Å²) in [6.45, 7) is 3.76. The number of hydrogen-bond acceptors (Lipinski definition) is 3. The highest BCUT2D eigenvalue weighted by molar-refractivity contribution is 5.01. The summed E-state index contributed by atoms with van der Waals surface area (Å²) in [5.74, 6) is 0. The van der Waals surface area contributed by atoms with Crippen LogP contribution >= 0.6 is 0 Å². The maximum absolute atomic E-state index is 8.66. The molecule has 0 aliphatic carbocycles. The first-order chi connectivity index (χ1) is 4.26. The molecule has 0 radical (unpaired) electrons. The Balaban J connectivity index is 3.64. The summed E-state index contributed by atoms with van der Waals surface area (Å²) in [4.78, 5) is 0. The van der Waals surface area contributed by atoms with Crippen LogP contribution < -0.4 is 10.6 Å². The number of likely N-dealkylation sites (N-methyl/N-ethyl adjacent to an activating group) is 2. The van der Waals surface area contributed by atoms with Gasteiger partial charge in [0.05, 0.1) is 12.6 Å². The maximum atomic E-state index is 8.66. The fraction of sp³-hybridized carbons (Fsp3) is 0.667. The highest BCUT2D eigenvalue weighted by Crippen LogP contribution is 1.90. The zero-order valence-corrected chi connectivity index (χ0v) is 5.94. The fourth-order valence-electron chi connectivity index (χ4n) is 0.550. The molecule has 0 aromatic rings. The van der Waals surface area contributed by atoms with E-state index >= 15 is 0 Å². The van der Waals surface area contributed by atoms with Gasteiger partial charge in [0, 0.05) is 12.7 Å². The van der Waals surface area contributed by atoms with Crippen LogP contribution in [0.25, 0.3) is 0 Å². The van der Waals surface area contributed by atoms with Gasteiger partial charge in [0.15, 0.2) is 0 Å². The third-order valence-corrected chi connectivity index (χ3v) is 1.27. The highest BCUT2D eigenvalue weighted by atomic mass is 16.3. The molecule has 3 nitrogen and oxygen atoms in total.